The third kappa shape index (κ3) is 3.93. The second-order valence-electron chi connectivity index (χ2n) is 6.33. The largest absolute Gasteiger partial charge is 0.478 e. The predicted molar refractivity (Wildman–Crippen MR) is 109 cm³/mol. The summed E-state index contributed by atoms with van der Waals surface area (Å²) < 4.78 is 0. The van der Waals surface area contributed by atoms with Gasteiger partial charge >= 0.3 is 5.97 Å². The number of rotatable bonds is 6. The minimum absolute atomic E-state index is 0.0114. The smallest absolute Gasteiger partial charge is 0.337 e. The van der Waals surface area contributed by atoms with Gasteiger partial charge in [0, 0.05) is 24.1 Å². The van der Waals surface area contributed by atoms with Crippen molar-refractivity contribution in [2.24, 2.45) is 0 Å². The summed E-state index contributed by atoms with van der Waals surface area (Å²) >= 11 is 0. The van der Waals surface area contributed by atoms with E-state index in [4.69, 9.17) is 0 Å². The Labute approximate surface area is 171 Å². The average molecular weight is 404 g/mol. The fourth-order valence-electron chi connectivity index (χ4n) is 3.07. The minimum atomic E-state index is -1.28. The lowest BCUT2D eigenvalue weighted by Gasteiger charge is -2.23. The molecule has 0 aliphatic heterocycles. The summed E-state index contributed by atoms with van der Waals surface area (Å²) in [5.74, 6) is -2.31. The molecule has 3 rings (SSSR count). The van der Waals surface area contributed by atoms with Gasteiger partial charge < -0.3 is 5.11 Å². The molecular formula is C22H16N2O6. The number of hydrogen-bond donors (Lipinski definition) is 1. The first-order chi connectivity index (χ1) is 14.3. The third-order valence-corrected chi connectivity index (χ3v) is 4.40. The van der Waals surface area contributed by atoms with E-state index < -0.39 is 28.3 Å². The van der Waals surface area contributed by atoms with E-state index in [0.29, 0.717) is 5.56 Å². The maximum atomic E-state index is 12.7. The first-order valence-electron chi connectivity index (χ1n) is 8.82. The molecule has 1 N–H and O–H groups in total. The molecule has 0 saturated carbocycles. The zero-order valence-corrected chi connectivity index (χ0v) is 15.8. The number of amides is 1. The van der Waals surface area contributed by atoms with Gasteiger partial charge in [0.1, 0.15) is 5.69 Å². The number of carboxylic acid groups (broad SMARTS) is 1. The molecule has 0 heterocycles. The predicted octanol–water partition coefficient (Wildman–Crippen LogP) is 4.21. The van der Waals surface area contributed by atoms with E-state index in [0.717, 1.165) is 11.0 Å². The van der Waals surface area contributed by atoms with Crippen LogP contribution in [0.25, 0.3) is 0 Å². The third-order valence-electron chi connectivity index (χ3n) is 4.40. The summed E-state index contributed by atoms with van der Waals surface area (Å²) in [5.41, 5.74) is -0.391. The Morgan fingerprint density at radius 1 is 0.867 bits per heavy atom. The lowest BCUT2D eigenvalue weighted by Crippen LogP contribution is -2.25. The number of carbonyl (C=O) groups is 3. The number of aromatic carboxylic acids is 1. The lowest BCUT2D eigenvalue weighted by atomic mass is 10.0. The number of carbonyl (C=O) groups excluding carboxylic acids is 2. The Bertz CT molecular complexity index is 1160. The molecule has 0 bridgehead atoms. The molecule has 8 heteroatoms. The highest BCUT2D eigenvalue weighted by molar-refractivity contribution is 6.11. The number of benzene rings is 3. The quantitative estimate of drug-likeness (QED) is 0.374. The molecule has 0 aliphatic rings. The molecule has 8 nitrogen and oxygen atoms in total. The number of para-hydroxylation sites is 1. The first-order valence-corrected chi connectivity index (χ1v) is 8.82. The van der Waals surface area contributed by atoms with E-state index in [1.807, 2.05) is 0 Å². The standard InChI is InChI=1S/C22H16N2O6/c1-14(25)23(18-10-6-5-9-17(18)22(27)28)19-12-11-16(13-20(19)24(29)30)21(26)15-7-3-2-4-8-15/h2-13H,1H3,(H,27,28). The van der Waals surface area contributed by atoms with Gasteiger partial charge in [-0.25, -0.2) is 4.79 Å². The number of nitro groups is 1. The van der Waals surface area contributed by atoms with Crippen LogP contribution >= 0.6 is 0 Å². The fraction of sp³-hybridized carbons (Fsp3) is 0.0455. The van der Waals surface area contributed by atoms with Crippen molar-refractivity contribution in [3.8, 4) is 0 Å². The highest BCUT2D eigenvalue weighted by atomic mass is 16.6. The van der Waals surface area contributed by atoms with Gasteiger partial charge in [-0.15, -0.1) is 0 Å². The molecule has 0 fully saturated rings. The highest BCUT2D eigenvalue weighted by Crippen LogP contribution is 2.36. The van der Waals surface area contributed by atoms with Crippen molar-refractivity contribution in [2.45, 2.75) is 6.92 Å². The highest BCUT2D eigenvalue weighted by Gasteiger charge is 2.28. The molecule has 0 spiro atoms. The second-order valence-corrected chi connectivity index (χ2v) is 6.33. The normalized spacial score (nSPS) is 10.3. The van der Waals surface area contributed by atoms with Crippen LogP contribution in [0.15, 0.2) is 72.8 Å². The molecule has 1 amide bonds. The first kappa shape index (κ1) is 20.4. The van der Waals surface area contributed by atoms with Crippen LogP contribution in [-0.2, 0) is 4.79 Å². The molecule has 150 valence electrons. The SMILES string of the molecule is CC(=O)N(c1ccccc1C(=O)O)c1ccc(C(=O)c2ccccc2)cc1[N+](=O)[O-]. The van der Waals surface area contributed by atoms with Crippen LogP contribution in [0.2, 0.25) is 0 Å². The van der Waals surface area contributed by atoms with Crippen molar-refractivity contribution in [1.29, 1.82) is 0 Å². The van der Waals surface area contributed by atoms with E-state index in [9.17, 15) is 29.6 Å². The van der Waals surface area contributed by atoms with Gasteiger partial charge in [0.25, 0.3) is 5.69 Å². The molecule has 0 unspecified atom stereocenters. The lowest BCUT2D eigenvalue weighted by molar-refractivity contribution is -0.384. The maximum absolute atomic E-state index is 12.7. The summed E-state index contributed by atoms with van der Waals surface area (Å²) in [6, 6.07) is 17.7. The van der Waals surface area contributed by atoms with Gasteiger partial charge in [-0.1, -0.05) is 42.5 Å². The van der Waals surface area contributed by atoms with E-state index in [-0.39, 0.29) is 22.5 Å². The van der Waals surface area contributed by atoms with Gasteiger partial charge in [-0.2, -0.15) is 0 Å². The Hall–Kier alpha value is -4.33. The zero-order chi connectivity index (χ0) is 21.8. The molecule has 0 atom stereocenters. The fourth-order valence-corrected chi connectivity index (χ4v) is 3.07. The summed E-state index contributed by atoms with van der Waals surface area (Å²) in [7, 11) is 0. The van der Waals surface area contributed by atoms with Gasteiger partial charge in [-0.05, 0) is 24.3 Å². The monoisotopic (exact) mass is 404 g/mol. The van der Waals surface area contributed by atoms with Gasteiger partial charge in [0.15, 0.2) is 5.78 Å². The Kier molecular flexibility index (Phi) is 5.68. The van der Waals surface area contributed by atoms with Crippen molar-refractivity contribution >= 4 is 34.7 Å². The van der Waals surface area contributed by atoms with Crippen LogP contribution in [0, 0.1) is 10.1 Å². The summed E-state index contributed by atoms with van der Waals surface area (Å²) in [5, 5.41) is 21.2. The van der Waals surface area contributed by atoms with Crippen LogP contribution in [-0.4, -0.2) is 27.7 Å². The molecule has 0 radical (unpaired) electrons. The minimum Gasteiger partial charge on any atom is -0.478 e. The van der Waals surface area contributed by atoms with Crippen molar-refractivity contribution in [3.63, 3.8) is 0 Å². The molecule has 3 aromatic rings. The van der Waals surface area contributed by atoms with Gasteiger partial charge in [0.05, 0.1) is 16.2 Å². The zero-order valence-electron chi connectivity index (χ0n) is 15.8. The number of carboxylic acids is 1. The average Bonchev–Trinajstić information content (AvgIpc) is 2.74. The van der Waals surface area contributed by atoms with Crippen LogP contribution in [0.4, 0.5) is 17.1 Å². The molecule has 0 saturated heterocycles. The van der Waals surface area contributed by atoms with Crippen LogP contribution in [0.1, 0.15) is 33.2 Å². The number of ketones is 1. The number of nitro benzene ring substituents is 1. The van der Waals surface area contributed by atoms with E-state index >= 15 is 0 Å². The van der Waals surface area contributed by atoms with E-state index in [2.05, 4.69) is 0 Å². The summed E-state index contributed by atoms with van der Waals surface area (Å²) in [4.78, 5) is 48.6. The Morgan fingerprint density at radius 3 is 2.10 bits per heavy atom. The second kappa shape index (κ2) is 8.36. The number of nitrogens with zero attached hydrogens (tertiary/aromatic N) is 2. The topological polar surface area (TPSA) is 118 Å². The molecule has 0 aromatic heterocycles. The van der Waals surface area contributed by atoms with E-state index in [1.54, 1.807) is 30.3 Å². The molecule has 0 aliphatic carbocycles. The number of hydrogen-bond acceptors (Lipinski definition) is 5. The van der Waals surface area contributed by atoms with Gasteiger partial charge in [-0.3, -0.25) is 24.6 Å². The Morgan fingerprint density at radius 2 is 1.50 bits per heavy atom. The summed E-state index contributed by atoms with van der Waals surface area (Å²) in [6.07, 6.45) is 0. The molecule has 30 heavy (non-hydrogen) atoms. The van der Waals surface area contributed by atoms with Crippen molar-refractivity contribution in [1.82, 2.24) is 0 Å². The number of anilines is 2. The Balaban J connectivity index is 2.17. The molecular weight excluding hydrogens is 388 g/mol. The van der Waals surface area contributed by atoms with Crippen LogP contribution < -0.4 is 4.90 Å². The van der Waals surface area contributed by atoms with Crippen LogP contribution in [0.5, 0.6) is 0 Å². The van der Waals surface area contributed by atoms with Crippen molar-refractivity contribution in [3.05, 3.63) is 99.6 Å². The van der Waals surface area contributed by atoms with Crippen molar-refractivity contribution in [2.75, 3.05) is 4.90 Å². The van der Waals surface area contributed by atoms with Crippen LogP contribution in [0.3, 0.4) is 0 Å². The van der Waals surface area contributed by atoms with Gasteiger partial charge in [0.2, 0.25) is 5.91 Å². The van der Waals surface area contributed by atoms with Crippen molar-refractivity contribution < 1.29 is 24.4 Å². The summed E-state index contributed by atoms with van der Waals surface area (Å²) in [6.45, 7) is 1.17. The molecule has 3 aromatic carbocycles. The maximum Gasteiger partial charge on any atom is 0.337 e. The van der Waals surface area contributed by atoms with E-state index in [1.165, 1.54) is 43.3 Å².